The summed E-state index contributed by atoms with van der Waals surface area (Å²) in [6.45, 7) is 7.97. The number of carbonyl (C=O) groups is 3. The van der Waals surface area contributed by atoms with Gasteiger partial charge in [-0.2, -0.15) is 0 Å². The van der Waals surface area contributed by atoms with Crippen molar-refractivity contribution in [1.82, 2.24) is 9.88 Å². The van der Waals surface area contributed by atoms with Crippen molar-refractivity contribution in [2.24, 2.45) is 0 Å². The zero-order valence-electron chi connectivity index (χ0n) is 19.2. The van der Waals surface area contributed by atoms with Crippen molar-refractivity contribution in [2.45, 2.75) is 27.7 Å². The number of nitrogens with one attached hydrogen (secondary N) is 1. The first-order valence-corrected chi connectivity index (χ1v) is 11.0. The van der Waals surface area contributed by atoms with Gasteiger partial charge in [-0.15, -0.1) is 0 Å². The Hall–Kier alpha value is -4.04. The number of carbonyl (C=O) groups excluding carboxylic acids is 2. The summed E-state index contributed by atoms with van der Waals surface area (Å²) < 4.78 is 2.10. The van der Waals surface area contributed by atoms with Gasteiger partial charge < -0.3 is 9.67 Å². The first kappa shape index (κ1) is 23.1. The van der Waals surface area contributed by atoms with Crippen molar-refractivity contribution >= 4 is 46.9 Å². The molecule has 172 valence electrons. The van der Waals surface area contributed by atoms with Gasteiger partial charge >= 0.3 is 5.97 Å². The smallest absolute Gasteiger partial charge is 0.335 e. The Kier molecular flexibility index (Phi) is 5.93. The molecule has 4 rings (SSSR count). The molecule has 0 atom stereocenters. The lowest BCUT2D eigenvalue weighted by Gasteiger charge is -2.29. The minimum absolute atomic E-state index is 0.00704. The molecule has 2 N–H and O–H groups in total. The summed E-state index contributed by atoms with van der Waals surface area (Å²) in [7, 11) is 0. The van der Waals surface area contributed by atoms with Crippen molar-refractivity contribution < 1.29 is 19.5 Å². The van der Waals surface area contributed by atoms with Crippen LogP contribution in [0.2, 0.25) is 0 Å². The minimum Gasteiger partial charge on any atom is -0.478 e. The Morgan fingerprint density at radius 2 is 1.76 bits per heavy atom. The molecule has 34 heavy (non-hydrogen) atoms. The predicted octanol–water partition coefficient (Wildman–Crippen LogP) is 4.24. The van der Waals surface area contributed by atoms with Gasteiger partial charge in [0.1, 0.15) is 5.57 Å². The second-order valence-corrected chi connectivity index (χ2v) is 8.65. The number of hydrogen-bond acceptors (Lipinski definition) is 4. The Balaban J connectivity index is 1.79. The molecule has 1 saturated heterocycles. The third-order valence-corrected chi connectivity index (χ3v) is 6.11. The summed E-state index contributed by atoms with van der Waals surface area (Å²) in [6.07, 6.45) is 1.55. The van der Waals surface area contributed by atoms with Crippen LogP contribution < -0.4 is 10.2 Å². The highest BCUT2D eigenvalue weighted by molar-refractivity contribution is 7.80. The van der Waals surface area contributed by atoms with Gasteiger partial charge in [0.05, 0.1) is 11.3 Å². The first-order valence-electron chi connectivity index (χ1n) is 10.6. The highest BCUT2D eigenvalue weighted by Crippen LogP contribution is 2.28. The van der Waals surface area contributed by atoms with E-state index in [9.17, 15) is 19.5 Å². The molecule has 0 spiro atoms. The van der Waals surface area contributed by atoms with Crippen LogP contribution in [0.4, 0.5) is 5.69 Å². The van der Waals surface area contributed by atoms with Crippen molar-refractivity contribution in [2.75, 3.05) is 4.90 Å². The summed E-state index contributed by atoms with van der Waals surface area (Å²) in [4.78, 5) is 38.6. The number of anilines is 1. The van der Waals surface area contributed by atoms with E-state index in [4.69, 9.17) is 12.2 Å². The summed E-state index contributed by atoms with van der Waals surface area (Å²) in [5, 5.41) is 11.7. The van der Waals surface area contributed by atoms with Crippen molar-refractivity contribution in [3.05, 3.63) is 87.7 Å². The summed E-state index contributed by atoms with van der Waals surface area (Å²) >= 11 is 5.23. The van der Waals surface area contributed by atoms with Crippen LogP contribution in [-0.4, -0.2) is 32.6 Å². The lowest BCUT2D eigenvalue weighted by atomic mass is 10.1. The summed E-state index contributed by atoms with van der Waals surface area (Å²) in [5.74, 6) is -2.35. The van der Waals surface area contributed by atoms with Crippen molar-refractivity contribution in [3.63, 3.8) is 0 Å². The van der Waals surface area contributed by atoms with Gasteiger partial charge in [0, 0.05) is 17.1 Å². The number of hydrogen-bond donors (Lipinski definition) is 2. The monoisotopic (exact) mass is 473 g/mol. The molecule has 2 amide bonds. The standard InChI is InChI=1S/C26H23N3O4S/c1-14-8-9-15(2)22(10-14)28-16(3)11-19(17(28)4)13-21-23(30)27-26(34)29(24(21)31)20-7-5-6-18(12-20)25(32)33/h5-13H,1-4H3,(H,32,33)(H,27,30,34). The number of aryl methyl sites for hydroxylation is 3. The lowest BCUT2D eigenvalue weighted by Crippen LogP contribution is -2.54. The summed E-state index contributed by atoms with van der Waals surface area (Å²) in [5.41, 5.74) is 6.02. The molecule has 0 radical (unpaired) electrons. The molecule has 1 aliphatic heterocycles. The number of carboxylic acid groups (broad SMARTS) is 1. The number of amides is 2. The third-order valence-electron chi connectivity index (χ3n) is 5.83. The van der Waals surface area contributed by atoms with Crippen LogP contribution in [0, 0.1) is 27.7 Å². The fourth-order valence-corrected chi connectivity index (χ4v) is 4.37. The SMILES string of the molecule is Cc1ccc(C)c(-n2c(C)cc(C=C3C(=O)NC(=S)N(c4cccc(C(=O)O)c4)C3=O)c2C)c1. The summed E-state index contributed by atoms with van der Waals surface area (Å²) in [6, 6.07) is 14.0. The molecule has 3 aromatic rings. The van der Waals surface area contributed by atoms with Gasteiger partial charge in [-0.25, -0.2) is 4.79 Å². The number of carboxylic acids is 1. The molecular weight excluding hydrogens is 450 g/mol. The molecule has 1 aliphatic rings. The molecule has 2 aromatic carbocycles. The van der Waals surface area contributed by atoms with Crippen molar-refractivity contribution in [3.8, 4) is 5.69 Å². The molecule has 0 bridgehead atoms. The number of benzene rings is 2. The fraction of sp³-hybridized carbons (Fsp3) is 0.154. The zero-order valence-corrected chi connectivity index (χ0v) is 20.0. The molecule has 7 nitrogen and oxygen atoms in total. The number of rotatable bonds is 4. The number of nitrogens with zero attached hydrogens (tertiary/aromatic N) is 2. The highest BCUT2D eigenvalue weighted by Gasteiger charge is 2.35. The quantitative estimate of drug-likeness (QED) is 0.336. The lowest BCUT2D eigenvalue weighted by molar-refractivity contribution is -0.122. The molecule has 8 heteroatoms. The second kappa shape index (κ2) is 8.72. The maximum Gasteiger partial charge on any atom is 0.335 e. The van der Waals surface area contributed by atoms with Gasteiger partial charge in [0.25, 0.3) is 11.8 Å². The van der Waals surface area contributed by atoms with E-state index in [2.05, 4.69) is 28.1 Å². The molecule has 1 aromatic heterocycles. The third kappa shape index (κ3) is 4.04. The Bertz CT molecular complexity index is 1420. The van der Waals surface area contributed by atoms with Crippen LogP contribution in [0.25, 0.3) is 11.8 Å². The Morgan fingerprint density at radius 3 is 2.47 bits per heavy atom. The molecule has 0 unspecified atom stereocenters. The van der Waals surface area contributed by atoms with E-state index in [1.54, 1.807) is 12.1 Å². The molecular formula is C26H23N3O4S. The molecule has 2 heterocycles. The number of thiocarbonyl (C=S) groups is 1. The van der Waals surface area contributed by atoms with Crippen LogP contribution in [0.15, 0.2) is 54.1 Å². The predicted molar refractivity (Wildman–Crippen MR) is 134 cm³/mol. The van der Waals surface area contributed by atoms with E-state index in [0.29, 0.717) is 0 Å². The average Bonchev–Trinajstić information content (AvgIpc) is 3.05. The van der Waals surface area contributed by atoms with Crippen molar-refractivity contribution in [1.29, 1.82) is 0 Å². The Labute approximate surface area is 202 Å². The molecule has 0 saturated carbocycles. The van der Waals surface area contributed by atoms with Gasteiger partial charge in [-0.1, -0.05) is 18.2 Å². The normalized spacial score (nSPS) is 15.1. The van der Waals surface area contributed by atoms with Crippen LogP contribution in [0.1, 0.15) is 38.4 Å². The maximum atomic E-state index is 13.4. The molecule has 1 fully saturated rings. The van der Waals surface area contributed by atoms with Crippen LogP contribution in [0.3, 0.4) is 0 Å². The van der Waals surface area contributed by atoms with Crippen LogP contribution in [0.5, 0.6) is 0 Å². The van der Waals surface area contributed by atoms with Gasteiger partial charge in [-0.05, 0) is 93.0 Å². The highest BCUT2D eigenvalue weighted by atomic mass is 32.1. The Morgan fingerprint density at radius 1 is 1.03 bits per heavy atom. The van der Waals surface area contributed by atoms with Gasteiger partial charge in [0.2, 0.25) is 0 Å². The first-order chi connectivity index (χ1) is 16.1. The molecule has 0 aliphatic carbocycles. The minimum atomic E-state index is -1.13. The maximum absolute atomic E-state index is 13.4. The van der Waals surface area contributed by atoms with Crippen LogP contribution >= 0.6 is 12.2 Å². The van der Waals surface area contributed by atoms with Crippen LogP contribution in [-0.2, 0) is 9.59 Å². The average molecular weight is 474 g/mol. The van der Waals surface area contributed by atoms with Gasteiger partial charge in [-0.3, -0.25) is 19.8 Å². The van der Waals surface area contributed by atoms with E-state index >= 15 is 0 Å². The second-order valence-electron chi connectivity index (χ2n) is 8.27. The number of aromatic nitrogens is 1. The fourth-order valence-electron chi connectivity index (χ4n) is 4.09. The number of aromatic carboxylic acids is 1. The van der Waals surface area contributed by atoms with Gasteiger partial charge in [0.15, 0.2) is 5.11 Å². The zero-order chi connectivity index (χ0) is 24.7. The topological polar surface area (TPSA) is 91.6 Å². The van der Waals surface area contributed by atoms with E-state index in [-0.39, 0.29) is 21.9 Å². The van der Waals surface area contributed by atoms with E-state index in [1.807, 2.05) is 33.8 Å². The van der Waals surface area contributed by atoms with E-state index < -0.39 is 17.8 Å². The van der Waals surface area contributed by atoms with E-state index in [0.717, 1.165) is 38.7 Å². The van der Waals surface area contributed by atoms with E-state index in [1.165, 1.54) is 18.2 Å². The largest absolute Gasteiger partial charge is 0.478 e.